The van der Waals surface area contributed by atoms with Gasteiger partial charge in [0.2, 0.25) is 5.95 Å². The summed E-state index contributed by atoms with van der Waals surface area (Å²) in [6.07, 6.45) is 0. The molecule has 0 aliphatic rings. The van der Waals surface area contributed by atoms with Gasteiger partial charge < -0.3 is 20.1 Å². The Morgan fingerprint density at radius 2 is 1.59 bits per heavy atom. The van der Waals surface area contributed by atoms with Crippen LogP contribution in [0.3, 0.4) is 0 Å². The normalized spacial score (nSPS) is 10.4. The van der Waals surface area contributed by atoms with Crippen molar-refractivity contribution in [1.82, 2.24) is 9.97 Å². The Bertz CT molecular complexity index is 957. The van der Waals surface area contributed by atoms with E-state index in [0.717, 1.165) is 17.1 Å². The van der Waals surface area contributed by atoms with Gasteiger partial charge in [0.15, 0.2) is 11.5 Å². The minimum absolute atomic E-state index is 0.548. The Labute approximate surface area is 159 Å². The summed E-state index contributed by atoms with van der Waals surface area (Å²) >= 11 is 0. The number of benzene rings is 2. The first kappa shape index (κ1) is 18.5. The van der Waals surface area contributed by atoms with Crippen LogP contribution < -0.4 is 20.1 Å². The maximum Gasteiger partial charge on any atom is 0.229 e. The quantitative estimate of drug-likeness (QED) is 0.648. The molecule has 2 aromatic carbocycles. The maximum atomic E-state index is 5.36. The van der Waals surface area contributed by atoms with E-state index in [2.05, 4.69) is 40.5 Å². The van der Waals surface area contributed by atoms with Gasteiger partial charge in [-0.15, -0.1) is 0 Å². The number of ether oxygens (including phenoxy) is 2. The van der Waals surface area contributed by atoms with Gasteiger partial charge in [0.25, 0.3) is 0 Å². The molecule has 0 saturated heterocycles. The van der Waals surface area contributed by atoms with Crippen molar-refractivity contribution >= 4 is 23.1 Å². The lowest BCUT2D eigenvalue weighted by Gasteiger charge is -2.13. The molecule has 0 fully saturated rings. The van der Waals surface area contributed by atoms with E-state index in [0.29, 0.717) is 23.3 Å². The summed E-state index contributed by atoms with van der Waals surface area (Å²) in [5.74, 6) is 2.58. The van der Waals surface area contributed by atoms with Crippen molar-refractivity contribution in [1.29, 1.82) is 0 Å². The predicted molar refractivity (Wildman–Crippen MR) is 109 cm³/mol. The third-order valence-electron chi connectivity index (χ3n) is 4.36. The smallest absolute Gasteiger partial charge is 0.229 e. The van der Waals surface area contributed by atoms with Gasteiger partial charge in [-0.05, 0) is 50.1 Å². The number of methoxy groups -OCH3 is 2. The van der Waals surface area contributed by atoms with Crippen LogP contribution in [0.2, 0.25) is 0 Å². The lowest BCUT2D eigenvalue weighted by molar-refractivity contribution is 0.355. The summed E-state index contributed by atoms with van der Waals surface area (Å²) in [5.41, 5.74) is 5.11. The lowest BCUT2D eigenvalue weighted by Crippen LogP contribution is -2.04. The Kier molecular flexibility index (Phi) is 5.45. The zero-order valence-electron chi connectivity index (χ0n) is 16.3. The van der Waals surface area contributed by atoms with Crippen molar-refractivity contribution in [2.24, 2.45) is 0 Å². The zero-order chi connectivity index (χ0) is 19.4. The maximum absolute atomic E-state index is 5.36. The van der Waals surface area contributed by atoms with E-state index in [1.165, 1.54) is 11.1 Å². The van der Waals surface area contributed by atoms with E-state index in [-0.39, 0.29) is 0 Å². The van der Waals surface area contributed by atoms with Gasteiger partial charge in [0.1, 0.15) is 5.82 Å². The summed E-state index contributed by atoms with van der Waals surface area (Å²) in [6, 6.07) is 13.7. The molecule has 0 aliphatic carbocycles. The molecular weight excluding hydrogens is 340 g/mol. The monoisotopic (exact) mass is 364 g/mol. The van der Waals surface area contributed by atoms with Crippen LogP contribution in [0.5, 0.6) is 11.5 Å². The molecule has 0 atom stereocenters. The standard InChI is InChI=1S/C21H24N4O2/c1-13-7-6-8-17(15(13)3)24-21-22-14(2)11-20(25-21)23-16-9-10-18(26-4)19(12-16)27-5/h6-12H,1-5H3,(H2,22,23,24,25). The van der Waals surface area contributed by atoms with Crippen molar-refractivity contribution in [3.05, 3.63) is 59.3 Å². The number of rotatable bonds is 6. The molecule has 0 radical (unpaired) electrons. The van der Waals surface area contributed by atoms with Crippen LogP contribution in [0.25, 0.3) is 0 Å². The van der Waals surface area contributed by atoms with E-state index in [1.54, 1.807) is 14.2 Å². The van der Waals surface area contributed by atoms with E-state index < -0.39 is 0 Å². The van der Waals surface area contributed by atoms with Crippen molar-refractivity contribution in [2.45, 2.75) is 20.8 Å². The Morgan fingerprint density at radius 3 is 2.33 bits per heavy atom. The molecule has 0 aliphatic heterocycles. The average molecular weight is 364 g/mol. The Hall–Kier alpha value is -3.28. The first-order valence-electron chi connectivity index (χ1n) is 8.68. The van der Waals surface area contributed by atoms with Gasteiger partial charge in [-0.25, -0.2) is 4.98 Å². The highest BCUT2D eigenvalue weighted by Crippen LogP contribution is 2.31. The fourth-order valence-electron chi connectivity index (χ4n) is 2.76. The molecule has 3 aromatic rings. The van der Waals surface area contributed by atoms with Crippen LogP contribution in [0.4, 0.5) is 23.1 Å². The minimum atomic E-state index is 0.548. The SMILES string of the molecule is COc1ccc(Nc2cc(C)nc(Nc3cccc(C)c3C)n2)cc1OC. The topological polar surface area (TPSA) is 68.3 Å². The second kappa shape index (κ2) is 7.95. The van der Waals surface area contributed by atoms with Gasteiger partial charge in [-0.3, -0.25) is 0 Å². The van der Waals surface area contributed by atoms with Gasteiger partial charge in [-0.1, -0.05) is 12.1 Å². The highest BCUT2D eigenvalue weighted by atomic mass is 16.5. The number of anilines is 4. The van der Waals surface area contributed by atoms with Crippen molar-refractivity contribution in [3.63, 3.8) is 0 Å². The molecule has 6 nitrogen and oxygen atoms in total. The fraction of sp³-hybridized carbons (Fsp3) is 0.238. The number of aromatic nitrogens is 2. The molecule has 0 amide bonds. The summed E-state index contributed by atoms with van der Waals surface area (Å²) in [5, 5.41) is 6.61. The van der Waals surface area contributed by atoms with Crippen LogP contribution >= 0.6 is 0 Å². The van der Waals surface area contributed by atoms with E-state index >= 15 is 0 Å². The summed E-state index contributed by atoms with van der Waals surface area (Å²) in [6.45, 7) is 6.10. The molecule has 140 valence electrons. The highest BCUT2D eigenvalue weighted by molar-refractivity contribution is 5.64. The molecule has 1 aromatic heterocycles. The summed E-state index contributed by atoms with van der Waals surface area (Å²) in [7, 11) is 3.23. The summed E-state index contributed by atoms with van der Waals surface area (Å²) in [4.78, 5) is 9.08. The van der Waals surface area contributed by atoms with Gasteiger partial charge in [0.05, 0.1) is 14.2 Å². The van der Waals surface area contributed by atoms with Crippen LogP contribution in [-0.2, 0) is 0 Å². The van der Waals surface area contributed by atoms with Gasteiger partial charge in [0, 0.05) is 29.2 Å². The van der Waals surface area contributed by atoms with Crippen LogP contribution in [-0.4, -0.2) is 24.2 Å². The molecular formula is C21H24N4O2. The average Bonchev–Trinajstić information content (AvgIpc) is 2.65. The molecule has 27 heavy (non-hydrogen) atoms. The number of aryl methyl sites for hydroxylation is 2. The zero-order valence-corrected chi connectivity index (χ0v) is 16.3. The lowest BCUT2D eigenvalue weighted by atomic mass is 10.1. The molecule has 0 bridgehead atoms. The molecule has 1 heterocycles. The minimum Gasteiger partial charge on any atom is -0.493 e. The van der Waals surface area contributed by atoms with Gasteiger partial charge in [-0.2, -0.15) is 4.98 Å². The Balaban J connectivity index is 1.86. The number of nitrogens with one attached hydrogen (secondary N) is 2. The van der Waals surface area contributed by atoms with E-state index in [4.69, 9.17) is 9.47 Å². The second-order valence-electron chi connectivity index (χ2n) is 6.29. The first-order valence-corrected chi connectivity index (χ1v) is 8.68. The number of hydrogen-bond acceptors (Lipinski definition) is 6. The van der Waals surface area contributed by atoms with Crippen LogP contribution in [0.1, 0.15) is 16.8 Å². The highest BCUT2D eigenvalue weighted by Gasteiger charge is 2.08. The largest absolute Gasteiger partial charge is 0.493 e. The van der Waals surface area contributed by atoms with E-state index in [1.807, 2.05) is 43.3 Å². The molecule has 0 unspecified atom stereocenters. The molecule has 0 saturated carbocycles. The fourth-order valence-corrected chi connectivity index (χ4v) is 2.76. The van der Waals surface area contributed by atoms with Crippen molar-refractivity contribution < 1.29 is 9.47 Å². The van der Waals surface area contributed by atoms with E-state index in [9.17, 15) is 0 Å². The second-order valence-corrected chi connectivity index (χ2v) is 6.29. The third-order valence-corrected chi connectivity index (χ3v) is 4.36. The number of hydrogen-bond donors (Lipinski definition) is 2. The van der Waals surface area contributed by atoms with Crippen molar-refractivity contribution in [3.8, 4) is 11.5 Å². The van der Waals surface area contributed by atoms with Crippen LogP contribution in [0.15, 0.2) is 42.5 Å². The number of nitrogens with zero attached hydrogens (tertiary/aromatic N) is 2. The molecule has 3 rings (SSSR count). The molecule has 2 N–H and O–H groups in total. The third kappa shape index (κ3) is 4.28. The first-order chi connectivity index (χ1) is 13.0. The van der Waals surface area contributed by atoms with Gasteiger partial charge >= 0.3 is 0 Å². The predicted octanol–water partition coefficient (Wildman–Crippen LogP) is 4.91. The molecule has 6 heteroatoms. The Morgan fingerprint density at radius 1 is 0.815 bits per heavy atom. The van der Waals surface area contributed by atoms with Crippen LogP contribution in [0, 0.1) is 20.8 Å². The molecule has 0 spiro atoms. The van der Waals surface area contributed by atoms with Crippen molar-refractivity contribution in [2.75, 3.05) is 24.9 Å². The summed E-state index contributed by atoms with van der Waals surface area (Å²) < 4.78 is 10.6.